The number of fused-ring (bicyclic) bond motifs is 1. The Labute approximate surface area is 176 Å². The second-order valence-corrected chi connectivity index (χ2v) is 8.60. The first-order chi connectivity index (χ1) is 14.1. The molecule has 4 N–H and O–H groups in total. The fourth-order valence-electron chi connectivity index (χ4n) is 3.08. The van der Waals surface area contributed by atoms with E-state index in [4.69, 9.17) is 10.5 Å². The Balaban J connectivity index is 1.42. The van der Waals surface area contributed by atoms with Gasteiger partial charge in [-0.2, -0.15) is 11.8 Å². The van der Waals surface area contributed by atoms with Gasteiger partial charge < -0.3 is 15.8 Å². The van der Waals surface area contributed by atoms with Crippen LogP contribution in [0, 0.1) is 0 Å². The van der Waals surface area contributed by atoms with E-state index >= 15 is 0 Å². The Morgan fingerprint density at radius 1 is 0.966 bits per heavy atom. The summed E-state index contributed by atoms with van der Waals surface area (Å²) in [4.78, 5) is 25.5. The van der Waals surface area contributed by atoms with E-state index in [2.05, 4.69) is 10.6 Å². The summed E-state index contributed by atoms with van der Waals surface area (Å²) in [5.41, 5.74) is 7.59. The molecule has 1 aliphatic rings. The monoisotopic (exact) mass is 425 g/mol. The quantitative estimate of drug-likeness (QED) is 0.532. The number of hydrogen-bond donors (Lipinski definition) is 3. The number of primary amides is 1. The average molecular weight is 426 g/mol. The van der Waals surface area contributed by atoms with Gasteiger partial charge in [0.2, 0.25) is 0 Å². The number of carbonyl (C=O) groups is 2. The number of benzene rings is 2. The predicted octanol–water partition coefficient (Wildman–Crippen LogP) is 5.07. The molecule has 0 fully saturated rings. The molecular weight excluding hydrogens is 406 g/mol. The summed E-state index contributed by atoms with van der Waals surface area (Å²) in [6, 6.07) is 16.1. The van der Waals surface area contributed by atoms with E-state index in [1.54, 1.807) is 24.3 Å². The maximum Gasteiger partial charge on any atom is 0.324 e. The standard InChI is InChI=1S/C21H19N3O3S2/c22-19(25)18-16-10-11-28-12-17(16)29-20(18)24-21(26)23-13-6-8-15(9-7-13)27-14-4-2-1-3-5-14/h1-9H,10-12H2,(H2,22,25)(H2,23,24,26). The van der Waals surface area contributed by atoms with Gasteiger partial charge in [-0.05, 0) is 54.1 Å². The van der Waals surface area contributed by atoms with Gasteiger partial charge in [-0.15, -0.1) is 11.3 Å². The van der Waals surface area contributed by atoms with Gasteiger partial charge in [-0.3, -0.25) is 10.1 Å². The molecule has 3 amide bonds. The number of carbonyl (C=O) groups excluding carboxylic acids is 2. The smallest absolute Gasteiger partial charge is 0.324 e. The van der Waals surface area contributed by atoms with Crippen molar-refractivity contribution in [1.82, 2.24) is 0 Å². The van der Waals surface area contributed by atoms with Crippen LogP contribution < -0.4 is 21.1 Å². The van der Waals surface area contributed by atoms with Crippen molar-refractivity contribution in [2.24, 2.45) is 5.73 Å². The van der Waals surface area contributed by atoms with Gasteiger partial charge in [0.15, 0.2) is 0 Å². The van der Waals surface area contributed by atoms with E-state index in [0.29, 0.717) is 22.0 Å². The first-order valence-corrected chi connectivity index (χ1v) is 11.0. The van der Waals surface area contributed by atoms with Crippen LogP contribution in [0.15, 0.2) is 54.6 Å². The summed E-state index contributed by atoms with van der Waals surface area (Å²) in [6.07, 6.45) is 0.793. The minimum Gasteiger partial charge on any atom is -0.457 e. The molecule has 0 unspecified atom stereocenters. The SMILES string of the molecule is NC(=O)c1c(NC(=O)Nc2ccc(Oc3ccccc3)cc2)sc2c1CCSC2. The molecule has 8 heteroatoms. The largest absolute Gasteiger partial charge is 0.457 e. The number of nitrogens with one attached hydrogen (secondary N) is 2. The lowest BCUT2D eigenvalue weighted by molar-refractivity contribution is 0.100. The Hall–Kier alpha value is -2.97. The highest BCUT2D eigenvalue weighted by Gasteiger charge is 2.25. The number of nitrogens with two attached hydrogens (primary N) is 1. The van der Waals surface area contributed by atoms with Crippen molar-refractivity contribution < 1.29 is 14.3 Å². The average Bonchev–Trinajstić information content (AvgIpc) is 3.08. The molecule has 0 saturated heterocycles. The maximum absolute atomic E-state index is 12.4. The fourth-order valence-corrected chi connectivity index (χ4v) is 5.46. The number of amides is 3. The van der Waals surface area contributed by atoms with Crippen LogP contribution in [0.1, 0.15) is 20.8 Å². The van der Waals surface area contributed by atoms with Crippen LogP contribution in [0.2, 0.25) is 0 Å². The molecule has 0 spiro atoms. The number of thiophene rings is 1. The second-order valence-electron chi connectivity index (χ2n) is 6.39. The zero-order valence-electron chi connectivity index (χ0n) is 15.4. The minimum absolute atomic E-state index is 0.421. The molecule has 3 aromatic rings. The third-order valence-corrected chi connectivity index (χ3v) is 6.70. The number of urea groups is 1. The minimum atomic E-state index is -0.507. The van der Waals surface area contributed by atoms with E-state index < -0.39 is 11.9 Å². The summed E-state index contributed by atoms with van der Waals surface area (Å²) >= 11 is 3.23. The second kappa shape index (κ2) is 8.59. The Morgan fingerprint density at radius 3 is 2.41 bits per heavy atom. The lowest BCUT2D eigenvalue weighted by Gasteiger charge is -2.11. The van der Waals surface area contributed by atoms with Crippen molar-refractivity contribution in [2.75, 3.05) is 16.4 Å². The summed E-state index contributed by atoms with van der Waals surface area (Å²) in [5.74, 6) is 2.69. The molecule has 1 aliphatic heterocycles. The van der Waals surface area contributed by atoms with Gasteiger partial charge in [-0.25, -0.2) is 4.79 Å². The van der Waals surface area contributed by atoms with Crippen LogP contribution in [0.4, 0.5) is 15.5 Å². The van der Waals surface area contributed by atoms with Crippen molar-refractivity contribution in [3.63, 3.8) is 0 Å². The first kappa shape index (κ1) is 19.4. The summed E-state index contributed by atoms with van der Waals surface area (Å²) in [7, 11) is 0. The van der Waals surface area contributed by atoms with Gasteiger partial charge >= 0.3 is 6.03 Å². The van der Waals surface area contributed by atoms with E-state index in [-0.39, 0.29) is 0 Å². The number of anilines is 2. The Bertz CT molecular complexity index is 1030. The molecule has 0 bridgehead atoms. The molecule has 1 aromatic heterocycles. The van der Waals surface area contributed by atoms with Gasteiger partial charge in [0, 0.05) is 16.3 Å². The van der Waals surface area contributed by atoms with Crippen molar-refractivity contribution in [3.8, 4) is 11.5 Å². The fraction of sp³-hybridized carbons (Fsp3) is 0.143. The highest BCUT2D eigenvalue weighted by atomic mass is 32.2. The summed E-state index contributed by atoms with van der Waals surface area (Å²) in [5, 5.41) is 6.06. The van der Waals surface area contributed by atoms with Gasteiger partial charge in [0.25, 0.3) is 5.91 Å². The number of ether oxygens (including phenoxy) is 1. The van der Waals surface area contributed by atoms with Crippen molar-refractivity contribution in [1.29, 1.82) is 0 Å². The van der Waals surface area contributed by atoms with Crippen LogP contribution in [0.5, 0.6) is 11.5 Å². The van der Waals surface area contributed by atoms with Crippen LogP contribution in [-0.2, 0) is 12.2 Å². The highest BCUT2D eigenvalue weighted by molar-refractivity contribution is 7.98. The van der Waals surface area contributed by atoms with Crippen LogP contribution >= 0.6 is 23.1 Å². The third-order valence-electron chi connectivity index (χ3n) is 4.38. The topological polar surface area (TPSA) is 93.5 Å². The van der Waals surface area contributed by atoms with Crippen LogP contribution in [0.3, 0.4) is 0 Å². The molecule has 29 heavy (non-hydrogen) atoms. The van der Waals surface area contributed by atoms with E-state index in [0.717, 1.165) is 34.1 Å². The highest BCUT2D eigenvalue weighted by Crippen LogP contribution is 2.39. The molecule has 0 aliphatic carbocycles. The molecule has 148 valence electrons. The molecule has 6 nitrogen and oxygen atoms in total. The summed E-state index contributed by atoms with van der Waals surface area (Å²) < 4.78 is 5.74. The molecule has 2 heterocycles. The molecule has 4 rings (SSSR count). The van der Waals surface area contributed by atoms with Gasteiger partial charge in [-0.1, -0.05) is 18.2 Å². The first-order valence-electron chi connectivity index (χ1n) is 9.03. The van der Waals surface area contributed by atoms with Crippen molar-refractivity contribution >= 4 is 45.7 Å². The molecule has 2 aromatic carbocycles. The molecule has 0 atom stereocenters. The predicted molar refractivity (Wildman–Crippen MR) is 118 cm³/mol. The number of thioether (sulfide) groups is 1. The van der Waals surface area contributed by atoms with Gasteiger partial charge in [0.05, 0.1) is 5.56 Å². The zero-order chi connectivity index (χ0) is 20.2. The number of para-hydroxylation sites is 1. The van der Waals surface area contributed by atoms with Crippen molar-refractivity contribution in [3.05, 3.63) is 70.6 Å². The van der Waals surface area contributed by atoms with Crippen molar-refractivity contribution in [2.45, 2.75) is 12.2 Å². The van der Waals surface area contributed by atoms with E-state index in [1.165, 1.54) is 11.3 Å². The Kier molecular flexibility index (Phi) is 5.73. The Morgan fingerprint density at radius 2 is 1.69 bits per heavy atom. The molecular formula is C21H19N3O3S2. The van der Waals surface area contributed by atoms with Crippen LogP contribution in [0.25, 0.3) is 0 Å². The lowest BCUT2D eigenvalue weighted by atomic mass is 10.1. The maximum atomic E-state index is 12.4. The van der Waals surface area contributed by atoms with E-state index in [9.17, 15) is 9.59 Å². The molecule has 0 radical (unpaired) electrons. The lowest BCUT2D eigenvalue weighted by Crippen LogP contribution is -2.22. The van der Waals surface area contributed by atoms with Crippen LogP contribution in [-0.4, -0.2) is 17.7 Å². The number of rotatable bonds is 5. The number of hydrogen-bond acceptors (Lipinski definition) is 5. The normalized spacial score (nSPS) is 12.7. The zero-order valence-corrected chi connectivity index (χ0v) is 17.1. The van der Waals surface area contributed by atoms with E-state index in [1.807, 2.05) is 42.1 Å². The summed E-state index contributed by atoms with van der Waals surface area (Å²) in [6.45, 7) is 0. The molecule has 0 saturated carbocycles. The third kappa shape index (κ3) is 4.55. The van der Waals surface area contributed by atoms with Gasteiger partial charge in [0.1, 0.15) is 16.5 Å².